The number of hydrogen-bond acceptors (Lipinski definition) is 3. The van der Waals surface area contributed by atoms with Crippen LogP contribution in [-0.2, 0) is 6.54 Å². The molecular weight excluding hydrogens is 386 g/mol. The molecular formula is C23H26ClN3O2. The highest BCUT2D eigenvalue weighted by atomic mass is 35.5. The summed E-state index contributed by atoms with van der Waals surface area (Å²) in [5.41, 5.74) is 1.09. The lowest BCUT2D eigenvalue weighted by molar-refractivity contribution is 0.0657. The van der Waals surface area contributed by atoms with Crippen molar-refractivity contribution in [3.8, 4) is 0 Å². The number of amides is 1. The predicted molar refractivity (Wildman–Crippen MR) is 117 cm³/mol. The fourth-order valence-electron chi connectivity index (χ4n) is 3.70. The average Bonchev–Trinajstić information content (AvgIpc) is 2.73. The van der Waals surface area contributed by atoms with Gasteiger partial charge >= 0.3 is 0 Å². The second-order valence-corrected chi connectivity index (χ2v) is 7.41. The van der Waals surface area contributed by atoms with Crippen molar-refractivity contribution in [1.29, 1.82) is 0 Å². The standard InChI is InChI=1S/C23H26ClN3O2/c1-4-14-27(22(28)16-10-8-7-9-11-16)20(5-2)21-25-19-15-17(24)12-13-18(19)23(29)26(21)6-3/h7-13,15,20H,4-6,14H2,1-3H3. The van der Waals surface area contributed by atoms with E-state index in [0.29, 0.717) is 46.8 Å². The summed E-state index contributed by atoms with van der Waals surface area (Å²) in [7, 11) is 0. The van der Waals surface area contributed by atoms with E-state index in [0.717, 1.165) is 6.42 Å². The number of rotatable bonds is 7. The Kier molecular flexibility index (Phi) is 6.70. The van der Waals surface area contributed by atoms with Gasteiger partial charge in [-0.25, -0.2) is 4.98 Å². The van der Waals surface area contributed by atoms with Crippen molar-refractivity contribution in [3.05, 3.63) is 75.3 Å². The summed E-state index contributed by atoms with van der Waals surface area (Å²) in [6.07, 6.45) is 1.46. The zero-order valence-corrected chi connectivity index (χ0v) is 17.8. The van der Waals surface area contributed by atoms with Gasteiger partial charge in [0.1, 0.15) is 5.82 Å². The van der Waals surface area contributed by atoms with E-state index in [-0.39, 0.29) is 17.5 Å². The number of aromatic nitrogens is 2. The quantitative estimate of drug-likeness (QED) is 0.545. The third kappa shape index (κ3) is 4.20. The van der Waals surface area contributed by atoms with Gasteiger partial charge in [0.2, 0.25) is 0 Å². The van der Waals surface area contributed by atoms with Crippen molar-refractivity contribution in [3.63, 3.8) is 0 Å². The van der Waals surface area contributed by atoms with Crippen LogP contribution < -0.4 is 5.56 Å². The number of halogens is 1. The van der Waals surface area contributed by atoms with E-state index in [1.165, 1.54) is 0 Å². The maximum atomic E-state index is 13.3. The van der Waals surface area contributed by atoms with Crippen LogP contribution in [0.3, 0.4) is 0 Å². The molecule has 0 saturated heterocycles. The van der Waals surface area contributed by atoms with E-state index < -0.39 is 0 Å². The largest absolute Gasteiger partial charge is 0.328 e. The Morgan fingerprint density at radius 3 is 2.48 bits per heavy atom. The number of carbonyl (C=O) groups is 1. The Hall–Kier alpha value is -2.66. The predicted octanol–water partition coefficient (Wildman–Crippen LogP) is 5.07. The van der Waals surface area contributed by atoms with Crippen molar-refractivity contribution >= 4 is 28.4 Å². The molecule has 0 bridgehead atoms. The van der Waals surface area contributed by atoms with Gasteiger partial charge < -0.3 is 4.90 Å². The lowest BCUT2D eigenvalue weighted by Crippen LogP contribution is -2.39. The Labute approximate surface area is 175 Å². The van der Waals surface area contributed by atoms with Crippen LogP contribution in [0.5, 0.6) is 0 Å². The molecule has 1 aromatic heterocycles. The van der Waals surface area contributed by atoms with Crippen LogP contribution in [0.2, 0.25) is 5.02 Å². The summed E-state index contributed by atoms with van der Waals surface area (Å²) >= 11 is 6.14. The molecule has 29 heavy (non-hydrogen) atoms. The van der Waals surface area contributed by atoms with Crippen molar-refractivity contribution in [2.45, 2.75) is 46.2 Å². The smallest absolute Gasteiger partial charge is 0.261 e. The van der Waals surface area contributed by atoms with Crippen molar-refractivity contribution in [2.75, 3.05) is 6.54 Å². The Bertz CT molecular complexity index is 1060. The van der Waals surface area contributed by atoms with Gasteiger partial charge in [-0.05, 0) is 50.1 Å². The van der Waals surface area contributed by atoms with Gasteiger partial charge in [-0.2, -0.15) is 0 Å². The molecule has 1 heterocycles. The zero-order valence-electron chi connectivity index (χ0n) is 17.1. The SMILES string of the molecule is CCCN(C(=O)c1ccccc1)C(CC)c1nc2cc(Cl)ccc2c(=O)n1CC. The van der Waals surface area contributed by atoms with E-state index >= 15 is 0 Å². The minimum absolute atomic E-state index is 0.0533. The molecule has 2 aromatic carbocycles. The van der Waals surface area contributed by atoms with Crippen LogP contribution in [0.15, 0.2) is 53.3 Å². The number of hydrogen-bond donors (Lipinski definition) is 0. The van der Waals surface area contributed by atoms with Crippen LogP contribution in [-0.4, -0.2) is 26.9 Å². The first-order valence-electron chi connectivity index (χ1n) is 10.1. The van der Waals surface area contributed by atoms with Crippen molar-refractivity contribution in [1.82, 2.24) is 14.5 Å². The summed E-state index contributed by atoms with van der Waals surface area (Å²) < 4.78 is 1.67. The molecule has 0 N–H and O–H groups in total. The third-order valence-electron chi connectivity index (χ3n) is 5.07. The van der Waals surface area contributed by atoms with Crippen molar-refractivity contribution in [2.24, 2.45) is 0 Å². The molecule has 1 amide bonds. The monoisotopic (exact) mass is 411 g/mol. The van der Waals surface area contributed by atoms with Crippen LogP contribution >= 0.6 is 11.6 Å². The molecule has 3 rings (SSSR count). The van der Waals surface area contributed by atoms with Gasteiger partial charge in [0.15, 0.2) is 0 Å². The average molecular weight is 412 g/mol. The molecule has 6 heteroatoms. The maximum Gasteiger partial charge on any atom is 0.261 e. The van der Waals surface area contributed by atoms with Crippen LogP contribution in [0.1, 0.15) is 55.8 Å². The highest BCUT2D eigenvalue weighted by Gasteiger charge is 2.28. The Morgan fingerprint density at radius 1 is 1.14 bits per heavy atom. The minimum atomic E-state index is -0.307. The van der Waals surface area contributed by atoms with Gasteiger partial charge in [0.05, 0.1) is 16.9 Å². The summed E-state index contributed by atoms with van der Waals surface area (Å²) in [6.45, 7) is 7.04. The first-order valence-corrected chi connectivity index (χ1v) is 10.5. The van der Waals surface area contributed by atoms with E-state index in [9.17, 15) is 9.59 Å². The molecule has 1 atom stereocenters. The van der Waals surface area contributed by atoms with E-state index in [2.05, 4.69) is 0 Å². The minimum Gasteiger partial charge on any atom is -0.328 e. The lowest BCUT2D eigenvalue weighted by atomic mass is 10.1. The van der Waals surface area contributed by atoms with Gasteiger partial charge in [-0.15, -0.1) is 0 Å². The molecule has 0 saturated carbocycles. The van der Waals surface area contributed by atoms with Gasteiger partial charge in [0, 0.05) is 23.7 Å². The van der Waals surface area contributed by atoms with Crippen LogP contribution in [0.25, 0.3) is 10.9 Å². The first kappa shape index (κ1) is 21.1. The molecule has 1 unspecified atom stereocenters. The highest BCUT2D eigenvalue weighted by Crippen LogP contribution is 2.26. The molecule has 0 aliphatic rings. The summed E-state index contributed by atoms with van der Waals surface area (Å²) in [4.78, 5) is 33.0. The first-order chi connectivity index (χ1) is 14.0. The molecule has 0 fully saturated rings. The zero-order chi connectivity index (χ0) is 21.0. The van der Waals surface area contributed by atoms with Gasteiger partial charge in [-0.1, -0.05) is 43.6 Å². The topological polar surface area (TPSA) is 55.2 Å². The fraction of sp³-hybridized carbons (Fsp3) is 0.348. The molecule has 0 radical (unpaired) electrons. The number of fused-ring (bicyclic) bond motifs is 1. The molecule has 0 aliphatic heterocycles. The number of benzene rings is 2. The second kappa shape index (κ2) is 9.23. The third-order valence-corrected chi connectivity index (χ3v) is 5.31. The molecule has 152 valence electrons. The second-order valence-electron chi connectivity index (χ2n) is 6.97. The molecule has 5 nitrogen and oxygen atoms in total. The Morgan fingerprint density at radius 2 is 1.86 bits per heavy atom. The van der Waals surface area contributed by atoms with E-state index in [1.54, 1.807) is 22.8 Å². The normalized spacial score (nSPS) is 12.1. The van der Waals surface area contributed by atoms with Crippen LogP contribution in [0, 0.1) is 0 Å². The molecule has 0 aliphatic carbocycles. The van der Waals surface area contributed by atoms with Crippen molar-refractivity contribution < 1.29 is 4.79 Å². The van der Waals surface area contributed by atoms with Gasteiger partial charge in [0.25, 0.3) is 11.5 Å². The summed E-state index contributed by atoms with van der Waals surface area (Å²) in [6, 6.07) is 14.1. The van der Waals surface area contributed by atoms with Gasteiger partial charge in [-0.3, -0.25) is 14.2 Å². The summed E-state index contributed by atoms with van der Waals surface area (Å²) in [5.74, 6) is 0.551. The summed E-state index contributed by atoms with van der Waals surface area (Å²) in [5, 5.41) is 1.06. The molecule has 0 spiro atoms. The highest BCUT2D eigenvalue weighted by molar-refractivity contribution is 6.31. The molecule has 3 aromatic rings. The fourth-order valence-corrected chi connectivity index (χ4v) is 3.87. The Balaban J connectivity index is 2.17. The number of nitrogens with zero attached hydrogens (tertiary/aromatic N) is 3. The van der Waals surface area contributed by atoms with E-state index in [4.69, 9.17) is 16.6 Å². The number of carbonyl (C=O) groups excluding carboxylic acids is 1. The lowest BCUT2D eigenvalue weighted by Gasteiger charge is -2.32. The van der Waals surface area contributed by atoms with E-state index in [1.807, 2.05) is 56.0 Å². The van der Waals surface area contributed by atoms with Crippen LogP contribution in [0.4, 0.5) is 0 Å². The maximum absolute atomic E-state index is 13.3.